The number of carbonyl (C=O) groups excluding carboxylic acids is 1. The van der Waals surface area contributed by atoms with Crippen LogP contribution < -0.4 is 0 Å². The van der Waals surface area contributed by atoms with Gasteiger partial charge in [0.15, 0.2) is 5.12 Å². The van der Waals surface area contributed by atoms with E-state index in [0.29, 0.717) is 11.3 Å². The minimum atomic E-state index is -0.718. The zero-order valence-electron chi connectivity index (χ0n) is 14.4. The molecule has 2 heterocycles. The van der Waals surface area contributed by atoms with Crippen LogP contribution in [0.1, 0.15) is 40.2 Å². The van der Waals surface area contributed by atoms with Crippen LogP contribution in [0, 0.1) is 5.95 Å². The number of nitrogens with zero attached hydrogens (tertiary/aromatic N) is 1. The molecule has 0 radical (unpaired) electrons. The van der Waals surface area contributed by atoms with Crippen molar-refractivity contribution < 1.29 is 18.5 Å². The Morgan fingerprint density at radius 1 is 1.38 bits per heavy atom. The average molecular weight is 372 g/mol. The van der Waals surface area contributed by atoms with Gasteiger partial charge in [-0.1, -0.05) is 29.4 Å². The third kappa shape index (κ3) is 4.39. The van der Waals surface area contributed by atoms with Gasteiger partial charge in [-0.2, -0.15) is 4.39 Å². The third-order valence-corrected chi connectivity index (χ3v) is 5.32. The number of rotatable bonds is 4. The van der Waals surface area contributed by atoms with Gasteiger partial charge in [-0.15, -0.1) is 0 Å². The van der Waals surface area contributed by atoms with Crippen LogP contribution >= 0.6 is 23.4 Å². The molecule has 4 nitrogen and oxygen atoms in total. The van der Waals surface area contributed by atoms with Crippen molar-refractivity contribution >= 4 is 41.7 Å². The summed E-state index contributed by atoms with van der Waals surface area (Å²) in [6.45, 7) is 9.33. The van der Waals surface area contributed by atoms with Crippen molar-refractivity contribution in [1.82, 2.24) is 4.98 Å². The first kappa shape index (κ1) is 19.4. The van der Waals surface area contributed by atoms with Crippen LogP contribution in [-0.2, 0) is 14.1 Å². The van der Waals surface area contributed by atoms with Gasteiger partial charge in [0.05, 0.1) is 16.2 Å². The van der Waals surface area contributed by atoms with Gasteiger partial charge in [-0.05, 0) is 44.8 Å². The van der Waals surface area contributed by atoms with Gasteiger partial charge in [-0.3, -0.25) is 4.79 Å². The fourth-order valence-electron chi connectivity index (χ4n) is 2.09. The van der Waals surface area contributed by atoms with Crippen molar-refractivity contribution in [3.63, 3.8) is 0 Å². The number of hydrogen-bond donors (Lipinski definition) is 0. The van der Waals surface area contributed by atoms with E-state index in [-0.39, 0.29) is 10.1 Å². The highest BCUT2D eigenvalue weighted by Gasteiger charge is 2.52. The number of hydrogen-bond acceptors (Lipinski definition) is 5. The number of thioether (sulfide) groups is 1. The molecule has 1 aromatic heterocycles. The Bertz CT molecular complexity index is 665. The Hall–Kier alpha value is -0.885. The largest absolute Gasteiger partial charge is 0.491 e. The number of pyridine rings is 1. The zero-order chi connectivity index (χ0) is 18.1. The monoisotopic (exact) mass is 371 g/mol. The lowest BCUT2D eigenvalue weighted by molar-refractivity contribution is -0.109. The highest BCUT2D eigenvalue weighted by molar-refractivity contribution is 8.13. The predicted octanol–water partition coefficient (Wildman–Crippen LogP) is 4.17. The van der Waals surface area contributed by atoms with E-state index >= 15 is 0 Å². The summed E-state index contributed by atoms with van der Waals surface area (Å²) in [5, 5.41) is -0.0658. The van der Waals surface area contributed by atoms with Crippen LogP contribution in [0.15, 0.2) is 17.7 Å². The minimum Gasteiger partial charge on any atom is -0.400 e. The molecule has 130 valence electrons. The first-order chi connectivity index (χ1) is 11.0. The molecule has 0 aliphatic carbocycles. The fourth-order valence-corrected chi connectivity index (χ4v) is 2.85. The van der Waals surface area contributed by atoms with Crippen molar-refractivity contribution in [2.75, 3.05) is 5.75 Å². The van der Waals surface area contributed by atoms with E-state index in [4.69, 9.17) is 20.9 Å². The Morgan fingerprint density at radius 3 is 2.46 bits per heavy atom. The van der Waals surface area contributed by atoms with Crippen molar-refractivity contribution in [1.29, 1.82) is 0 Å². The SMILES string of the molecule is CC(=O)SCC(=Cc1cnc(F)c(Cl)c1)B1OC(C)(C)C(C)(C)O1. The van der Waals surface area contributed by atoms with Crippen LogP contribution in [0.25, 0.3) is 6.08 Å². The lowest BCUT2D eigenvalue weighted by atomic mass is 9.78. The van der Waals surface area contributed by atoms with Gasteiger partial charge in [0.1, 0.15) is 0 Å². The second-order valence-corrected chi connectivity index (χ2v) is 8.19. The summed E-state index contributed by atoms with van der Waals surface area (Å²) in [4.78, 5) is 15.0. The molecular weight excluding hydrogens is 352 g/mol. The molecule has 0 unspecified atom stereocenters. The fraction of sp³-hybridized carbons (Fsp3) is 0.500. The lowest BCUT2D eigenvalue weighted by Crippen LogP contribution is -2.41. The van der Waals surface area contributed by atoms with E-state index in [1.54, 1.807) is 6.08 Å². The Morgan fingerprint density at radius 2 is 1.96 bits per heavy atom. The number of carbonyl (C=O) groups is 1. The molecule has 0 amide bonds. The van der Waals surface area contributed by atoms with Crippen LogP contribution in [0.4, 0.5) is 4.39 Å². The van der Waals surface area contributed by atoms with Crippen LogP contribution in [0.5, 0.6) is 0 Å². The molecule has 1 saturated heterocycles. The molecule has 0 aromatic carbocycles. The molecule has 24 heavy (non-hydrogen) atoms. The van der Waals surface area contributed by atoms with E-state index in [0.717, 1.165) is 17.2 Å². The zero-order valence-corrected chi connectivity index (χ0v) is 15.9. The second-order valence-electron chi connectivity index (χ2n) is 6.63. The average Bonchev–Trinajstić information content (AvgIpc) is 2.67. The van der Waals surface area contributed by atoms with E-state index in [1.807, 2.05) is 27.7 Å². The van der Waals surface area contributed by atoms with Crippen LogP contribution in [0.2, 0.25) is 5.02 Å². The van der Waals surface area contributed by atoms with Gasteiger partial charge < -0.3 is 9.31 Å². The molecule has 0 atom stereocenters. The van der Waals surface area contributed by atoms with Crippen molar-refractivity contribution in [2.24, 2.45) is 0 Å². The molecule has 1 aromatic rings. The molecule has 0 bridgehead atoms. The molecule has 2 rings (SSSR count). The predicted molar refractivity (Wildman–Crippen MR) is 96.4 cm³/mol. The van der Waals surface area contributed by atoms with Gasteiger partial charge >= 0.3 is 7.12 Å². The second kappa shape index (κ2) is 7.16. The van der Waals surface area contributed by atoms with Crippen LogP contribution in [-0.4, -0.2) is 34.2 Å². The van der Waals surface area contributed by atoms with Gasteiger partial charge in [0.25, 0.3) is 0 Å². The van der Waals surface area contributed by atoms with Crippen molar-refractivity contribution in [3.05, 3.63) is 34.3 Å². The summed E-state index contributed by atoms with van der Waals surface area (Å²) in [7, 11) is -0.592. The maximum absolute atomic E-state index is 13.2. The molecule has 8 heteroatoms. The van der Waals surface area contributed by atoms with E-state index in [2.05, 4.69) is 4.98 Å². The number of halogens is 2. The normalized spacial score (nSPS) is 19.6. The first-order valence-corrected chi connectivity index (χ1v) is 8.89. The smallest absolute Gasteiger partial charge is 0.400 e. The summed E-state index contributed by atoms with van der Waals surface area (Å²) >= 11 is 6.94. The minimum absolute atomic E-state index is 0.00678. The summed E-state index contributed by atoms with van der Waals surface area (Å²) in [5.41, 5.74) is 0.403. The van der Waals surface area contributed by atoms with Crippen LogP contribution in [0.3, 0.4) is 0 Å². The Balaban J connectivity index is 2.33. The summed E-state index contributed by atoms with van der Waals surface area (Å²) in [5.74, 6) is -0.314. The standard InChI is InChI=1S/C16H20BClFNO3S/c1-10(21)24-9-12(6-11-7-13(18)14(19)20-8-11)17-22-15(2,3)16(4,5)23-17/h6-8H,9H2,1-5H3. The highest BCUT2D eigenvalue weighted by atomic mass is 35.5. The maximum atomic E-state index is 13.2. The third-order valence-electron chi connectivity index (χ3n) is 4.17. The van der Waals surface area contributed by atoms with E-state index in [1.165, 1.54) is 19.2 Å². The van der Waals surface area contributed by atoms with Crippen molar-refractivity contribution in [3.8, 4) is 0 Å². The molecule has 0 spiro atoms. The first-order valence-electron chi connectivity index (χ1n) is 7.52. The summed E-state index contributed by atoms with van der Waals surface area (Å²) < 4.78 is 25.3. The topological polar surface area (TPSA) is 48.4 Å². The highest BCUT2D eigenvalue weighted by Crippen LogP contribution is 2.39. The van der Waals surface area contributed by atoms with Crippen molar-refractivity contribution in [2.45, 2.75) is 45.8 Å². The molecule has 0 N–H and O–H groups in total. The lowest BCUT2D eigenvalue weighted by Gasteiger charge is -2.32. The van der Waals surface area contributed by atoms with E-state index in [9.17, 15) is 9.18 Å². The summed E-state index contributed by atoms with van der Waals surface area (Å²) in [6, 6.07) is 1.48. The Labute approximate surface area is 151 Å². The van der Waals surface area contributed by atoms with E-state index < -0.39 is 24.3 Å². The molecule has 1 fully saturated rings. The molecule has 0 saturated carbocycles. The van der Waals surface area contributed by atoms with Gasteiger partial charge in [0, 0.05) is 18.9 Å². The molecular formula is C16H20BClFNO3S. The summed E-state index contributed by atoms with van der Waals surface area (Å²) in [6.07, 6.45) is 3.15. The van der Waals surface area contributed by atoms with Gasteiger partial charge in [-0.25, -0.2) is 4.98 Å². The number of aromatic nitrogens is 1. The quantitative estimate of drug-likeness (QED) is 0.587. The Kier molecular flexibility index (Phi) is 5.80. The maximum Gasteiger partial charge on any atom is 0.491 e. The molecule has 1 aliphatic rings. The molecule has 1 aliphatic heterocycles. The van der Waals surface area contributed by atoms with Gasteiger partial charge in [0.2, 0.25) is 5.95 Å².